The van der Waals surface area contributed by atoms with E-state index in [1.54, 1.807) is 24.1 Å². The summed E-state index contributed by atoms with van der Waals surface area (Å²) in [5.41, 5.74) is 7.08. The number of carbonyl (C=O) groups excluding carboxylic acids is 1. The van der Waals surface area contributed by atoms with Crippen LogP contribution in [0.5, 0.6) is 0 Å². The molecule has 1 rings (SSSR count). The average molecular weight is 222 g/mol. The third-order valence-corrected chi connectivity index (χ3v) is 2.21. The van der Waals surface area contributed by atoms with Gasteiger partial charge in [0, 0.05) is 25.0 Å². The molecule has 0 fully saturated rings. The minimum absolute atomic E-state index is 0.0703. The number of carbonyl (C=O) groups is 1. The van der Waals surface area contributed by atoms with Gasteiger partial charge in [-0.3, -0.25) is 4.79 Å². The number of nitrogen functional groups attached to an aromatic ring is 1. The lowest BCUT2D eigenvalue weighted by atomic mass is 10.2. The van der Waals surface area contributed by atoms with E-state index in [0.29, 0.717) is 12.3 Å². The van der Waals surface area contributed by atoms with Crippen molar-refractivity contribution in [2.24, 2.45) is 0 Å². The van der Waals surface area contributed by atoms with Crippen molar-refractivity contribution in [1.29, 1.82) is 0 Å². The highest BCUT2D eigenvalue weighted by Gasteiger charge is 2.10. The van der Waals surface area contributed by atoms with Crippen molar-refractivity contribution >= 4 is 17.3 Å². The van der Waals surface area contributed by atoms with Crippen molar-refractivity contribution in [3.05, 3.63) is 24.3 Å². The van der Waals surface area contributed by atoms with Crippen molar-refractivity contribution in [3.63, 3.8) is 0 Å². The van der Waals surface area contributed by atoms with Crippen LogP contribution < -0.4 is 10.6 Å². The third kappa shape index (κ3) is 3.55. The van der Waals surface area contributed by atoms with Crippen LogP contribution in [-0.2, 0) is 9.53 Å². The van der Waals surface area contributed by atoms with Gasteiger partial charge in [0.1, 0.15) is 6.61 Å². The molecule has 88 valence electrons. The quantitative estimate of drug-likeness (QED) is 0.609. The second-order valence-electron chi connectivity index (χ2n) is 3.60. The largest absolute Gasteiger partial charge is 0.399 e. The van der Waals surface area contributed by atoms with E-state index in [0.717, 1.165) is 12.1 Å². The third-order valence-electron chi connectivity index (χ3n) is 2.21. The minimum atomic E-state index is -0.0703. The molecule has 0 radical (unpaired) electrons. The zero-order chi connectivity index (χ0) is 12.0. The van der Waals surface area contributed by atoms with Gasteiger partial charge in [-0.25, -0.2) is 0 Å². The Kier molecular flexibility index (Phi) is 4.79. The molecule has 4 heteroatoms. The molecule has 0 aliphatic carbocycles. The van der Waals surface area contributed by atoms with Gasteiger partial charge in [0.05, 0.1) is 0 Å². The lowest BCUT2D eigenvalue weighted by molar-refractivity contribution is -0.122. The maximum Gasteiger partial charge on any atom is 0.252 e. The Morgan fingerprint density at radius 3 is 2.88 bits per heavy atom. The summed E-state index contributed by atoms with van der Waals surface area (Å²) in [4.78, 5) is 13.2. The molecule has 0 heterocycles. The molecule has 1 aromatic carbocycles. The molecule has 0 unspecified atom stereocenters. The molecule has 4 nitrogen and oxygen atoms in total. The number of nitrogens with zero attached hydrogens (tertiary/aromatic N) is 1. The number of nitrogens with two attached hydrogens (primary N) is 1. The number of hydrogen-bond acceptors (Lipinski definition) is 3. The maximum absolute atomic E-state index is 11.7. The highest BCUT2D eigenvalue weighted by molar-refractivity contribution is 5.94. The van der Waals surface area contributed by atoms with Crippen molar-refractivity contribution < 1.29 is 9.53 Å². The molecule has 0 spiro atoms. The monoisotopic (exact) mass is 222 g/mol. The summed E-state index contributed by atoms with van der Waals surface area (Å²) < 4.78 is 5.19. The Morgan fingerprint density at radius 2 is 2.25 bits per heavy atom. The van der Waals surface area contributed by atoms with Crippen LogP contribution >= 0.6 is 0 Å². The predicted molar refractivity (Wildman–Crippen MR) is 65.4 cm³/mol. The highest BCUT2D eigenvalue weighted by Crippen LogP contribution is 2.15. The Morgan fingerprint density at radius 1 is 1.50 bits per heavy atom. The van der Waals surface area contributed by atoms with E-state index in [4.69, 9.17) is 10.5 Å². The fraction of sp³-hybridized carbons (Fsp3) is 0.417. The molecule has 1 amide bonds. The first kappa shape index (κ1) is 12.5. The molecular weight excluding hydrogens is 204 g/mol. The molecule has 0 aliphatic rings. The van der Waals surface area contributed by atoms with Crippen molar-refractivity contribution in [3.8, 4) is 0 Å². The maximum atomic E-state index is 11.7. The second-order valence-corrected chi connectivity index (χ2v) is 3.60. The number of benzene rings is 1. The van der Waals surface area contributed by atoms with Gasteiger partial charge in [0.25, 0.3) is 5.91 Å². The van der Waals surface area contributed by atoms with E-state index in [1.165, 1.54) is 0 Å². The standard InChI is InChI=1S/C12H18N2O2/c1-3-7-16-9-12(15)14(2)11-6-4-5-10(13)8-11/h4-6,8H,3,7,9,13H2,1-2H3. The molecule has 1 aromatic rings. The van der Waals surface area contributed by atoms with Gasteiger partial charge in [-0.1, -0.05) is 13.0 Å². The van der Waals surface area contributed by atoms with E-state index in [9.17, 15) is 4.79 Å². The molecule has 0 bridgehead atoms. The number of ether oxygens (including phenoxy) is 1. The van der Waals surface area contributed by atoms with Gasteiger partial charge < -0.3 is 15.4 Å². The molecule has 2 N–H and O–H groups in total. The summed E-state index contributed by atoms with van der Waals surface area (Å²) in [6, 6.07) is 7.21. The molecule has 16 heavy (non-hydrogen) atoms. The first-order valence-electron chi connectivity index (χ1n) is 5.35. The Hall–Kier alpha value is -1.55. The summed E-state index contributed by atoms with van der Waals surface area (Å²) in [6.45, 7) is 2.72. The van der Waals surface area contributed by atoms with Crippen LogP contribution in [0.3, 0.4) is 0 Å². The Bertz CT molecular complexity index is 353. The zero-order valence-corrected chi connectivity index (χ0v) is 9.77. The van der Waals surface area contributed by atoms with Crippen molar-refractivity contribution in [1.82, 2.24) is 0 Å². The van der Waals surface area contributed by atoms with Gasteiger partial charge in [-0.15, -0.1) is 0 Å². The van der Waals surface area contributed by atoms with Gasteiger partial charge in [0.2, 0.25) is 0 Å². The average Bonchev–Trinajstić information content (AvgIpc) is 2.28. The normalized spacial score (nSPS) is 10.1. The SMILES string of the molecule is CCCOCC(=O)N(C)c1cccc(N)c1. The molecule has 0 aliphatic heterocycles. The highest BCUT2D eigenvalue weighted by atomic mass is 16.5. The molecule has 0 atom stereocenters. The van der Waals surface area contributed by atoms with Crippen LogP contribution in [0.4, 0.5) is 11.4 Å². The van der Waals surface area contributed by atoms with Gasteiger partial charge in [0.15, 0.2) is 0 Å². The fourth-order valence-electron chi connectivity index (χ4n) is 1.28. The van der Waals surface area contributed by atoms with E-state index in [-0.39, 0.29) is 12.5 Å². The predicted octanol–water partition coefficient (Wildman–Crippen LogP) is 1.66. The molecule has 0 aromatic heterocycles. The van der Waals surface area contributed by atoms with Crippen molar-refractivity contribution in [2.45, 2.75) is 13.3 Å². The lowest BCUT2D eigenvalue weighted by Crippen LogP contribution is -2.30. The van der Waals surface area contributed by atoms with E-state index in [2.05, 4.69) is 0 Å². The summed E-state index contributed by atoms with van der Waals surface area (Å²) in [7, 11) is 1.71. The number of likely N-dealkylation sites (N-methyl/N-ethyl adjacent to an activating group) is 1. The Balaban J connectivity index is 2.56. The molecule has 0 saturated heterocycles. The number of rotatable bonds is 5. The van der Waals surface area contributed by atoms with Crippen molar-refractivity contribution in [2.75, 3.05) is 30.9 Å². The summed E-state index contributed by atoms with van der Waals surface area (Å²) in [6.07, 6.45) is 0.912. The minimum Gasteiger partial charge on any atom is -0.399 e. The van der Waals surface area contributed by atoms with E-state index in [1.807, 2.05) is 19.1 Å². The number of amides is 1. The molecule has 0 saturated carbocycles. The summed E-state index contributed by atoms with van der Waals surface area (Å²) in [5.74, 6) is -0.0703. The van der Waals surface area contributed by atoms with Crippen LogP contribution in [-0.4, -0.2) is 26.2 Å². The number of hydrogen-bond donors (Lipinski definition) is 1. The fourth-order valence-corrected chi connectivity index (χ4v) is 1.28. The van der Waals surface area contributed by atoms with Gasteiger partial charge >= 0.3 is 0 Å². The topological polar surface area (TPSA) is 55.6 Å². The van der Waals surface area contributed by atoms with E-state index < -0.39 is 0 Å². The first-order valence-corrected chi connectivity index (χ1v) is 5.35. The van der Waals surface area contributed by atoms with Crippen LogP contribution in [0.15, 0.2) is 24.3 Å². The summed E-state index contributed by atoms with van der Waals surface area (Å²) in [5, 5.41) is 0. The Labute approximate surface area is 96.0 Å². The smallest absolute Gasteiger partial charge is 0.252 e. The molecular formula is C12H18N2O2. The van der Waals surface area contributed by atoms with E-state index >= 15 is 0 Å². The van der Waals surface area contributed by atoms with Gasteiger partial charge in [-0.05, 0) is 24.6 Å². The summed E-state index contributed by atoms with van der Waals surface area (Å²) >= 11 is 0. The van der Waals surface area contributed by atoms with Crippen LogP contribution in [0.1, 0.15) is 13.3 Å². The second kappa shape index (κ2) is 6.12. The number of anilines is 2. The van der Waals surface area contributed by atoms with Crippen LogP contribution in [0, 0.1) is 0 Å². The lowest BCUT2D eigenvalue weighted by Gasteiger charge is -2.17. The van der Waals surface area contributed by atoms with Gasteiger partial charge in [-0.2, -0.15) is 0 Å². The zero-order valence-electron chi connectivity index (χ0n) is 9.77. The first-order chi connectivity index (χ1) is 7.65. The van der Waals surface area contributed by atoms with Crippen LogP contribution in [0.25, 0.3) is 0 Å². The van der Waals surface area contributed by atoms with Crippen LogP contribution in [0.2, 0.25) is 0 Å².